The highest BCUT2D eigenvalue weighted by molar-refractivity contribution is 5.88. The number of carbonyl (C=O) groups excluding carboxylic acids is 1. The lowest BCUT2D eigenvalue weighted by Crippen LogP contribution is -2.25. The fourth-order valence-electron chi connectivity index (χ4n) is 2.11. The Morgan fingerprint density at radius 2 is 2.05 bits per heavy atom. The van der Waals surface area contributed by atoms with Gasteiger partial charge in [-0.15, -0.1) is 0 Å². The Balaban J connectivity index is 1.96. The molecule has 0 saturated carbocycles. The summed E-state index contributed by atoms with van der Waals surface area (Å²) < 4.78 is 5.27. The van der Waals surface area contributed by atoms with Gasteiger partial charge in [0.1, 0.15) is 5.76 Å². The Labute approximate surface area is 122 Å². The van der Waals surface area contributed by atoms with Crippen LogP contribution in [0.4, 0.5) is 0 Å². The van der Waals surface area contributed by atoms with E-state index in [0.717, 1.165) is 16.9 Å². The largest absolute Gasteiger partial charge is 0.478 e. The first-order valence-electron chi connectivity index (χ1n) is 6.60. The summed E-state index contributed by atoms with van der Waals surface area (Å²) in [5.41, 5.74) is 2.83. The summed E-state index contributed by atoms with van der Waals surface area (Å²) in [6.45, 7) is 4.19. The van der Waals surface area contributed by atoms with Gasteiger partial charge in [0.2, 0.25) is 5.91 Å². The lowest BCUT2D eigenvalue weighted by Gasteiger charge is -2.06. The molecule has 0 aliphatic rings. The number of hydrogen-bond donors (Lipinski definition) is 2. The maximum atomic E-state index is 11.9. The molecular weight excluding hydrogens is 270 g/mol. The molecule has 5 nitrogen and oxygen atoms in total. The van der Waals surface area contributed by atoms with Crippen LogP contribution in [0.5, 0.6) is 0 Å². The number of carbonyl (C=O) groups is 2. The van der Waals surface area contributed by atoms with Gasteiger partial charge in [-0.3, -0.25) is 4.79 Å². The Morgan fingerprint density at radius 3 is 2.67 bits per heavy atom. The van der Waals surface area contributed by atoms with Crippen molar-refractivity contribution in [2.45, 2.75) is 26.8 Å². The summed E-state index contributed by atoms with van der Waals surface area (Å²) in [6, 6.07) is 6.38. The maximum absolute atomic E-state index is 11.9. The molecule has 0 spiro atoms. The number of amides is 1. The van der Waals surface area contributed by atoms with Crippen LogP contribution in [-0.4, -0.2) is 17.0 Å². The van der Waals surface area contributed by atoms with E-state index >= 15 is 0 Å². The van der Waals surface area contributed by atoms with Crippen LogP contribution in [0.2, 0.25) is 0 Å². The van der Waals surface area contributed by atoms with E-state index in [2.05, 4.69) is 5.32 Å². The number of aromatic carboxylic acids is 1. The van der Waals surface area contributed by atoms with Crippen LogP contribution in [-0.2, 0) is 17.8 Å². The monoisotopic (exact) mass is 287 g/mol. The SMILES string of the molecule is Cc1coc(C)c1CNC(=O)Cc1cccc(C(=O)O)c1. The number of carboxylic acids is 1. The lowest BCUT2D eigenvalue weighted by molar-refractivity contribution is -0.120. The summed E-state index contributed by atoms with van der Waals surface area (Å²) in [5.74, 6) is -0.361. The van der Waals surface area contributed by atoms with Crippen molar-refractivity contribution in [3.8, 4) is 0 Å². The second-order valence-corrected chi connectivity index (χ2v) is 4.91. The van der Waals surface area contributed by atoms with E-state index in [9.17, 15) is 9.59 Å². The molecule has 0 bridgehead atoms. The standard InChI is InChI=1S/C16H17NO4/c1-10-9-21-11(2)14(10)8-17-15(18)7-12-4-3-5-13(6-12)16(19)20/h3-6,9H,7-8H2,1-2H3,(H,17,18)(H,19,20). The van der Waals surface area contributed by atoms with Crippen molar-refractivity contribution >= 4 is 11.9 Å². The fraction of sp³-hybridized carbons (Fsp3) is 0.250. The highest BCUT2D eigenvalue weighted by atomic mass is 16.4. The molecule has 2 rings (SSSR count). The average molecular weight is 287 g/mol. The molecular formula is C16H17NO4. The van der Waals surface area contributed by atoms with Gasteiger partial charge in [0.05, 0.1) is 18.2 Å². The molecule has 0 fully saturated rings. The summed E-state index contributed by atoms with van der Waals surface area (Å²) in [6.07, 6.45) is 1.81. The quantitative estimate of drug-likeness (QED) is 0.885. The van der Waals surface area contributed by atoms with E-state index in [-0.39, 0.29) is 17.9 Å². The van der Waals surface area contributed by atoms with Gasteiger partial charge in [0, 0.05) is 12.1 Å². The lowest BCUT2D eigenvalue weighted by atomic mass is 10.1. The third-order valence-electron chi connectivity index (χ3n) is 3.31. The zero-order chi connectivity index (χ0) is 15.4. The number of rotatable bonds is 5. The normalized spacial score (nSPS) is 10.4. The van der Waals surface area contributed by atoms with Crippen molar-refractivity contribution in [2.75, 3.05) is 0 Å². The van der Waals surface area contributed by atoms with Gasteiger partial charge < -0.3 is 14.8 Å². The first-order chi connectivity index (χ1) is 9.97. The number of carboxylic acid groups (broad SMARTS) is 1. The van der Waals surface area contributed by atoms with Gasteiger partial charge in [0.25, 0.3) is 0 Å². The predicted octanol–water partition coefficient (Wildman–Crippen LogP) is 2.45. The van der Waals surface area contributed by atoms with E-state index in [1.54, 1.807) is 18.4 Å². The van der Waals surface area contributed by atoms with Gasteiger partial charge in [-0.2, -0.15) is 0 Å². The van der Waals surface area contributed by atoms with Crippen molar-refractivity contribution in [3.63, 3.8) is 0 Å². The fourth-order valence-corrected chi connectivity index (χ4v) is 2.11. The molecule has 0 saturated heterocycles. The molecule has 0 aliphatic heterocycles. The van der Waals surface area contributed by atoms with Crippen molar-refractivity contribution in [1.82, 2.24) is 5.32 Å². The number of aryl methyl sites for hydroxylation is 2. The van der Waals surface area contributed by atoms with Crippen molar-refractivity contribution in [3.05, 3.63) is 58.5 Å². The predicted molar refractivity (Wildman–Crippen MR) is 77.1 cm³/mol. The molecule has 0 unspecified atom stereocenters. The molecule has 110 valence electrons. The van der Waals surface area contributed by atoms with Crippen molar-refractivity contribution < 1.29 is 19.1 Å². The molecule has 5 heteroatoms. The molecule has 1 amide bonds. The molecule has 2 N–H and O–H groups in total. The van der Waals surface area contributed by atoms with Crippen LogP contribution >= 0.6 is 0 Å². The molecule has 1 heterocycles. The zero-order valence-corrected chi connectivity index (χ0v) is 12.0. The van der Waals surface area contributed by atoms with E-state index in [4.69, 9.17) is 9.52 Å². The number of furan rings is 1. The van der Waals surface area contributed by atoms with Crippen LogP contribution in [0, 0.1) is 13.8 Å². The van der Waals surface area contributed by atoms with Crippen molar-refractivity contribution in [2.24, 2.45) is 0 Å². The van der Waals surface area contributed by atoms with E-state index in [0.29, 0.717) is 12.1 Å². The second-order valence-electron chi connectivity index (χ2n) is 4.91. The van der Waals surface area contributed by atoms with E-state index in [1.807, 2.05) is 13.8 Å². The first-order valence-corrected chi connectivity index (χ1v) is 6.60. The Kier molecular flexibility index (Phi) is 4.42. The van der Waals surface area contributed by atoms with Gasteiger partial charge in [-0.1, -0.05) is 12.1 Å². The second kappa shape index (κ2) is 6.26. The Morgan fingerprint density at radius 1 is 1.29 bits per heavy atom. The summed E-state index contributed by atoms with van der Waals surface area (Å²) in [4.78, 5) is 22.8. The number of nitrogens with one attached hydrogen (secondary N) is 1. The van der Waals surface area contributed by atoms with Crippen LogP contribution in [0.25, 0.3) is 0 Å². The minimum absolute atomic E-state index is 0.150. The average Bonchev–Trinajstić information content (AvgIpc) is 2.76. The number of hydrogen-bond acceptors (Lipinski definition) is 3. The number of benzene rings is 1. The van der Waals surface area contributed by atoms with Crippen LogP contribution in [0.1, 0.15) is 32.8 Å². The summed E-state index contributed by atoms with van der Waals surface area (Å²) in [5, 5.41) is 11.7. The molecule has 0 aliphatic carbocycles. The molecule has 1 aromatic carbocycles. The highest BCUT2D eigenvalue weighted by Gasteiger charge is 2.10. The first kappa shape index (κ1) is 14.8. The molecule has 21 heavy (non-hydrogen) atoms. The molecule has 0 atom stereocenters. The van der Waals surface area contributed by atoms with Crippen LogP contribution < -0.4 is 5.32 Å². The molecule has 0 radical (unpaired) electrons. The Hall–Kier alpha value is -2.56. The third kappa shape index (κ3) is 3.72. The zero-order valence-electron chi connectivity index (χ0n) is 12.0. The summed E-state index contributed by atoms with van der Waals surface area (Å²) in [7, 11) is 0. The van der Waals surface area contributed by atoms with Gasteiger partial charge >= 0.3 is 5.97 Å². The topological polar surface area (TPSA) is 79.5 Å². The Bertz CT molecular complexity index is 653. The minimum atomic E-state index is -0.998. The van der Waals surface area contributed by atoms with Crippen molar-refractivity contribution in [1.29, 1.82) is 0 Å². The summed E-state index contributed by atoms with van der Waals surface area (Å²) >= 11 is 0. The maximum Gasteiger partial charge on any atom is 0.335 e. The van der Waals surface area contributed by atoms with E-state index < -0.39 is 5.97 Å². The third-order valence-corrected chi connectivity index (χ3v) is 3.31. The molecule has 2 aromatic rings. The highest BCUT2D eigenvalue weighted by Crippen LogP contribution is 2.15. The minimum Gasteiger partial charge on any atom is -0.478 e. The van der Waals surface area contributed by atoms with Crippen LogP contribution in [0.15, 0.2) is 34.9 Å². The van der Waals surface area contributed by atoms with Crippen LogP contribution in [0.3, 0.4) is 0 Å². The van der Waals surface area contributed by atoms with Gasteiger partial charge in [-0.05, 0) is 37.1 Å². The smallest absolute Gasteiger partial charge is 0.335 e. The molecule has 1 aromatic heterocycles. The van der Waals surface area contributed by atoms with Gasteiger partial charge in [-0.25, -0.2) is 4.79 Å². The van der Waals surface area contributed by atoms with Gasteiger partial charge in [0.15, 0.2) is 0 Å². The van der Waals surface area contributed by atoms with E-state index in [1.165, 1.54) is 12.1 Å².